The van der Waals surface area contributed by atoms with Crippen LogP contribution in [0.5, 0.6) is 0 Å². The summed E-state index contributed by atoms with van der Waals surface area (Å²) in [7, 11) is -0.428. The van der Waals surface area contributed by atoms with Gasteiger partial charge in [-0.1, -0.05) is 0 Å². The van der Waals surface area contributed by atoms with Crippen LogP contribution in [0.3, 0.4) is 0 Å². The monoisotopic (exact) mass is 164 g/mol. The van der Waals surface area contributed by atoms with Crippen molar-refractivity contribution in [3.63, 3.8) is 0 Å². The molecule has 2 heteroatoms. The maximum absolute atomic E-state index is 2.48. The predicted molar refractivity (Wildman–Crippen MR) is 57.3 cm³/mol. The van der Waals surface area contributed by atoms with Gasteiger partial charge in [-0.3, -0.25) is 0 Å². The van der Waals surface area contributed by atoms with Gasteiger partial charge in [0, 0.05) is 0 Å². The van der Waals surface area contributed by atoms with E-state index in [2.05, 4.69) is 51.6 Å². The number of hydrogen-bond acceptors (Lipinski definition) is 0. The molecule has 0 aliphatic carbocycles. The predicted octanol–water partition coefficient (Wildman–Crippen LogP) is 2.87. The average Bonchev–Trinajstić information content (AvgIpc) is 1.79. The first kappa shape index (κ1) is 11.8. The summed E-state index contributed by atoms with van der Waals surface area (Å²) in [4.78, 5) is 0. The Balaban J connectivity index is 4.10. The fourth-order valence-corrected chi connectivity index (χ4v) is 5.08. The van der Waals surface area contributed by atoms with Gasteiger partial charge in [-0.05, 0) is 0 Å². The zero-order valence-corrected chi connectivity index (χ0v) is 10.2. The molecule has 0 N–H and O–H groups in total. The normalized spacial score (nSPS) is 15.6. The van der Waals surface area contributed by atoms with Crippen molar-refractivity contribution in [1.82, 2.24) is 0 Å². The van der Waals surface area contributed by atoms with E-state index >= 15 is 0 Å². The zero-order chi connectivity index (χ0) is 9.07. The fraction of sp³-hybridized carbons (Fsp3) is 1.00. The van der Waals surface area contributed by atoms with E-state index in [9.17, 15) is 0 Å². The topological polar surface area (TPSA) is 0 Å². The van der Waals surface area contributed by atoms with E-state index in [1.807, 2.05) is 0 Å². The SMILES string of the molecule is [Li][CH2]CC([SiH](C)C)C(C)(C)C. The number of hydrogen-bond donors (Lipinski definition) is 0. The molecule has 0 aromatic carbocycles. The van der Waals surface area contributed by atoms with Crippen LogP contribution in [0, 0.1) is 5.41 Å². The van der Waals surface area contributed by atoms with E-state index in [-0.39, 0.29) is 0 Å². The molecular weight excluding hydrogens is 143 g/mol. The molecule has 0 spiro atoms. The molecule has 0 aromatic heterocycles. The second kappa shape index (κ2) is 4.75. The van der Waals surface area contributed by atoms with Crippen molar-refractivity contribution in [1.29, 1.82) is 0 Å². The quantitative estimate of drug-likeness (QED) is 0.563. The minimum absolute atomic E-state index is 0.428. The summed E-state index contributed by atoms with van der Waals surface area (Å²) in [6.45, 7) is 12.1. The molecule has 0 radical (unpaired) electrons. The van der Waals surface area contributed by atoms with Crippen LogP contribution in [0.15, 0.2) is 0 Å². The van der Waals surface area contributed by atoms with E-state index < -0.39 is 8.80 Å². The van der Waals surface area contributed by atoms with Crippen LogP contribution in [-0.2, 0) is 0 Å². The van der Waals surface area contributed by atoms with Crippen molar-refractivity contribution in [3.05, 3.63) is 0 Å². The molecule has 1 unspecified atom stereocenters. The van der Waals surface area contributed by atoms with Gasteiger partial charge in [-0.25, -0.2) is 0 Å². The van der Waals surface area contributed by atoms with Crippen LogP contribution >= 0.6 is 0 Å². The van der Waals surface area contributed by atoms with Gasteiger partial charge in [0.1, 0.15) is 0 Å². The molecule has 0 rings (SSSR count). The van der Waals surface area contributed by atoms with E-state index in [1.165, 1.54) is 11.5 Å². The molecule has 0 aromatic rings. The maximum atomic E-state index is 2.48. The second-order valence-corrected chi connectivity index (χ2v) is 8.30. The van der Waals surface area contributed by atoms with Crippen LogP contribution in [-0.4, -0.2) is 26.5 Å². The van der Waals surface area contributed by atoms with Crippen LogP contribution in [0.1, 0.15) is 27.2 Å². The van der Waals surface area contributed by atoms with Gasteiger partial charge in [0.05, 0.1) is 0 Å². The summed E-state index contributed by atoms with van der Waals surface area (Å²) in [6, 6.07) is 0. The van der Waals surface area contributed by atoms with Gasteiger partial charge in [-0.15, -0.1) is 0 Å². The van der Waals surface area contributed by atoms with Gasteiger partial charge in [0.2, 0.25) is 0 Å². The van der Waals surface area contributed by atoms with Crippen molar-refractivity contribution in [3.8, 4) is 0 Å². The van der Waals surface area contributed by atoms with Gasteiger partial charge in [0.15, 0.2) is 0 Å². The molecular formula is C9H21LiSi. The Labute approximate surface area is 83.0 Å². The third-order valence-corrected chi connectivity index (χ3v) is 5.46. The Hall–Kier alpha value is 0.814. The summed E-state index contributed by atoms with van der Waals surface area (Å²) in [6.07, 6.45) is 1.44. The van der Waals surface area contributed by atoms with Crippen molar-refractivity contribution in [2.24, 2.45) is 5.41 Å². The third-order valence-electron chi connectivity index (χ3n) is 2.52. The molecule has 0 saturated carbocycles. The molecule has 0 saturated heterocycles. The summed E-state index contributed by atoms with van der Waals surface area (Å²) in [5.41, 5.74) is 1.57. The Morgan fingerprint density at radius 3 is 1.82 bits per heavy atom. The zero-order valence-electron chi connectivity index (χ0n) is 9.07. The summed E-state index contributed by atoms with van der Waals surface area (Å²) < 4.78 is 0. The first-order valence-electron chi connectivity index (χ1n) is 4.89. The molecule has 0 fully saturated rings. The van der Waals surface area contributed by atoms with Crippen molar-refractivity contribution in [2.75, 3.05) is 0 Å². The van der Waals surface area contributed by atoms with Crippen LogP contribution < -0.4 is 0 Å². The summed E-state index contributed by atoms with van der Waals surface area (Å²) >= 11 is 2.30. The molecule has 0 nitrogen and oxygen atoms in total. The van der Waals surface area contributed by atoms with Gasteiger partial charge >= 0.3 is 82.8 Å². The van der Waals surface area contributed by atoms with Gasteiger partial charge in [-0.2, -0.15) is 0 Å². The number of rotatable bonds is 3. The third kappa shape index (κ3) is 4.40. The fourth-order valence-electron chi connectivity index (χ4n) is 2.08. The summed E-state index contributed by atoms with van der Waals surface area (Å²) in [5, 5.41) is 1.35. The molecule has 0 bridgehead atoms. The van der Waals surface area contributed by atoms with Crippen molar-refractivity contribution >= 4 is 26.5 Å². The van der Waals surface area contributed by atoms with Crippen LogP contribution in [0.25, 0.3) is 0 Å². The van der Waals surface area contributed by atoms with E-state index in [1.54, 1.807) is 0 Å². The second-order valence-electron chi connectivity index (χ2n) is 5.01. The standard InChI is InChI=1S/C9H21Si.Li/c1-7-8(10(5)6)9(2,3)4;/h8,10H,1,7H2,2-6H3;. The van der Waals surface area contributed by atoms with Crippen molar-refractivity contribution in [2.45, 2.75) is 50.9 Å². The van der Waals surface area contributed by atoms with Crippen LogP contribution in [0.2, 0.25) is 23.7 Å². The minimum atomic E-state index is -0.428. The molecule has 0 heterocycles. The Morgan fingerprint density at radius 2 is 1.73 bits per heavy atom. The first-order chi connectivity index (χ1) is 4.89. The average molecular weight is 164 g/mol. The van der Waals surface area contributed by atoms with Gasteiger partial charge in [0.25, 0.3) is 0 Å². The molecule has 1 atom stereocenters. The molecule has 0 amide bonds. The van der Waals surface area contributed by atoms with E-state index in [4.69, 9.17) is 0 Å². The first-order valence-corrected chi connectivity index (χ1v) is 7.87. The van der Waals surface area contributed by atoms with Crippen LogP contribution in [0.4, 0.5) is 0 Å². The molecule has 0 aliphatic heterocycles. The molecule has 0 aliphatic rings. The molecule has 11 heavy (non-hydrogen) atoms. The van der Waals surface area contributed by atoms with Gasteiger partial charge < -0.3 is 0 Å². The van der Waals surface area contributed by atoms with E-state index in [0.29, 0.717) is 5.41 Å². The Bertz CT molecular complexity index is 105. The Kier molecular flexibility index (Phi) is 5.10. The van der Waals surface area contributed by atoms with E-state index in [0.717, 1.165) is 5.54 Å². The summed E-state index contributed by atoms with van der Waals surface area (Å²) in [5.74, 6) is 0. The molecule has 62 valence electrons. The Morgan fingerprint density at radius 1 is 1.27 bits per heavy atom. The van der Waals surface area contributed by atoms with Crippen molar-refractivity contribution < 1.29 is 0 Å².